The molecule has 6 aromatic rings. The summed E-state index contributed by atoms with van der Waals surface area (Å²) in [6, 6.07) is 15.2. The predicted octanol–water partition coefficient (Wildman–Crippen LogP) is 3.77. The van der Waals surface area contributed by atoms with E-state index in [0.29, 0.717) is 104 Å². The van der Waals surface area contributed by atoms with Crippen molar-refractivity contribution in [3.8, 4) is 5.75 Å². The molecule has 2 saturated heterocycles. The molecule has 4 amide bonds. The number of nitrogens with two attached hydrogens (primary N) is 1. The molecule has 28 nitrogen and oxygen atoms in total. The Labute approximate surface area is 572 Å². The van der Waals surface area contributed by atoms with Crippen LogP contribution in [0.25, 0.3) is 22.1 Å². The SMILES string of the molecule is CC[C@]1(O)C[C@H]2CN(CCc3c([nH]c4ccccc34)[C@@](C(=O)OC)(c3cc4c(cc3OC)N(C)[C@H]3[C@@](O)(C(=O)NNC(=O)OCCSSC[C@H](NC(=O)CC[C@@H](C)NC(=O)c5ccc(NCc6cnc7nc(N)[nH]c(=O)c7n6)cc5)C(=O)O)[C@H](O)[C@]5(CC)C=CCN6CC[C@]43[C@@H]65)C2)C1. The fourth-order valence-electron chi connectivity index (χ4n) is 16.8. The fraction of sp³-hybridized carbons (Fsp3) is 0.500. The lowest BCUT2D eigenvalue weighted by atomic mass is 9.47. The van der Waals surface area contributed by atoms with Gasteiger partial charge in [0.25, 0.3) is 17.4 Å². The molecule has 6 aliphatic rings. The molecule has 13 N–H and O–H groups in total. The monoisotopic (exact) mass is 1380 g/mol. The minimum Gasteiger partial charge on any atom is -0.496 e. The summed E-state index contributed by atoms with van der Waals surface area (Å²) < 4.78 is 17.8. The number of hydrazine groups is 1. The summed E-state index contributed by atoms with van der Waals surface area (Å²) in [6.07, 6.45) is 5.22. The molecule has 5 aliphatic heterocycles. The Bertz CT molecular complexity index is 4180. The van der Waals surface area contributed by atoms with Gasteiger partial charge in [-0.2, -0.15) is 4.98 Å². The number of hydrogen-bond acceptors (Lipinski definition) is 23. The topological polar surface area (TPSA) is 394 Å². The highest BCUT2D eigenvalue weighted by Gasteiger charge is 2.79. The van der Waals surface area contributed by atoms with Gasteiger partial charge in [-0.1, -0.05) is 65.8 Å². The maximum Gasteiger partial charge on any atom is 0.426 e. The first-order valence-electron chi connectivity index (χ1n) is 33.0. The van der Waals surface area contributed by atoms with E-state index in [1.54, 1.807) is 45.3 Å². The number of anilines is 3. The van der Waals surface area contributed by atoms with E-state index in [9.17, 15) is 44.4 Å². The number of methoxy groups -OCH3 is 2. The van der Waals surface area contributed by atoms with Crippen LogP contribution in [0.3, 0.4) is 0 Å². The predicted molar refractivity (Wildman–Crippen MR) is 368 cm³/mol. The van der Waals surface area contributed by atoms with Gasteiger partial charge in [0.2, 0.25) is 11.9 Å². The summed E-state index contributed by atoms with van der Waals surface area (Å²) in [5.74, 6) is -3.54. The highest BCUT2D eigenvalue weighted by molar-refractivity contribution is 8.76. The largest absolute Gasteiger partial charge is 0.496 e. The summed E-state index contributed by atoms with van der Waals surface area (Å²) in [5.41, 5.74) is 8.33. The molecule has 30 heteroatoms. The normalized spacial score (nSPS) is 27.4. The number of piperidine rings is 1. The van der Waals surface area contributed by atoms with Gasteiger partial charge in [-0.15, -0.1) is 0 Å². The molecular weight excluding hydrogens is 1300 g/mol. The van der Waals surface area contributed by atoms with Gasteiger partial charge in [0.15, 0.2) is 16.8 Å². The van der Waals surface area contributed by atoms with Crippen molar-refractivity contribution in [1.82, 2.24) is 56.2 Å². The van der Waals surface area contributed by atoms with Crippen LogP contribution in [-0.2, 0) is 52.4 Å². The molecule has 1 spiro atoms. The zero-order valence-electron chi connectivity index (χ0n) is 55.4. The molecule has 1 aliphatic carbocycles. The van der Waals surface area contributed by atoms with E-state index in [0.717, 1.165) is 32.8 Å². The van der Waals surface area contributed by atoms with Crippen molar-refractivity contribution >= 4 is 96.7 Å². The van der Waals surface area contributed by atoms with Crippen LogP contribution in [0.5, 0.6) is 5.75 Å². The lowest BCUT2D eigenvalue weighted by Crippen LogP contribution is -2.82. The van der Waals surface area contributed by atoms with Crippen LogP contribution in [0.4, 0.5) is 22.1 Å². The van der Waals surface area contributed by atoms with Gasteiger partial charge in [0.1, 0.15) is 29.9 Å². The van der Waals surface area contributed by atoms with Gasteiger partial charge in [0.05, 0.1) is 44.3 Å². The average molecular weight is 1390 g/mol. The molecule has 1 saturated carbocycles. The number of aliphatic hydroxyl groups is 3. The van der Waals surface area contributed by atoms with Crippen molar-refractivity contribution in [3.05, 3.63) is 123 Å². The van der Waals surface area contributed by atoms with Crippen LogP contribution in [0.15, 0.2) is 83.8 Å². The maximum atomic E-state index is 15.6. The molecule has 3 aromatic heterocycles. The van der Waals surface area contributed by atoms with Crippen molar-refractivity contribution in [2.24, 2.45) is 11.3 Å². The lowest BCUT2D eigenvalue weighted by Gasteiger charge is -2.63. The van der Waals surface area contributed by atoms with E-state index < -0.39 is 93.1 Å². The quantitative estimate of drug-likeness (QED) is 0.0151. The number of amides is 4. The number of benzene rings is 3. The molecule has 3 fully saturated rings. The van der Waals surface area contributed by atoms with Crippen LogP contribution in [0.1, 0.15) is 104 Å². The highest BCUT2D eigenvalue weighted by Crippen LogP contribution is 2.68. The zero-order valence-corrected chi connectivity index (χ0v) is 57.1. The third-order valence-electron chi connectivity index (χ3n) is 21.1. The number of rotatable bonds is 22. The Balaban J connectivity index is 0.680. The lowest BCUT2D eigenvalue weighted by molar-refractivity contribution is -0.204. The number of nitrogens with zero attached hydrogens (tertiary/aromatic N) is 6. The molecule has 12 rings (SSSR count). The summed E-state index contributed by atoms with van der Waals surface area (Å²) in [6.45, 7) is 8.53. The number of carbonyl (C=O) groups is 6. The second kappa shape index (κ2) is 27.7. The Morgan fingerprint density at radius 3 is 2.46 bits per heavy atom. The van der Waals surface area contributed by atoms with Gasteiger partial charge >= 0.3 is 18.0 Å². The first kappa shape index (κ1) is 69.4. The molecule has 3 aromatic carbocycles. The van der Waals surface area contributed by atoms with E-state index >= 15 is 9.59 Å². The third-order valence-corrected chi connectivity index (χ3v) is 23.5. The number of aliphatic hydroxyl groups excluding tert-OH is 1. The summed E-state index contributed by atoms with van der Waals surface area (Å²) >= 11 is 0. The number of nitrogens with one attached hydrogen (secondary N) is 7. The molecular formula is C68H84N14O14S2. The van der Waals surface area contributed by atoms with Crippen LogP contribution < -0.4 is 47.7 Å². The van der Waals surface area contributed by atoms with Crippen LogP contribution in [-0.4, -0.2) is 204 Å². The Morgan fingerprint density at radius 1 is 0.929 bits per heavy atom. The number of para-hydroxylation sites is 1. The van der Waals surface area contributed by atoms with E-state index in [4.69, 9.17) is 19.9 Å². The number of H-pyrrole nitrogens is 2. The average Bonchev–Trinajstić information content (AvgIpc) is 1.46. The van der Waals surface area contributed by atoms with Crippen molar-refractivity contribution in [2.75, 3.05) is 88.1 Å². The Morgan fingerprint density at radius 2 is 1.71 bits per heavy atom. The van der Waals surface area contributed by atoms with Crippen molar-refractivity contribution < 1.29 is 63.4 Å². The second-order valence-electron chi connectivity index (χ2n) is 26.7. The van der Waals surface area contributed by atoms with Crippen LogP contribution in [0.2, 0.25) is 0 Å². The number of esters is 1. The van der Waals surface area contributed by atoms with Crippen LogP contribution in [0, 0.1) is 11.3 Å². The minimum absolute atomic E-state index is 0.0442. The number of aliphatic carboxylic acids is 1. The number of aromatic nitrogens is 5. The highest BCUT2D eigenvalue weighted by atomic mass is 33.1. The number of fused-ring (bicyclic) bond motifs is 7. The standard InChI is InChI=1S/C68H84N14O14S2/c1-7-64(92)30-38-31-67(61(90)95-6,52-43(20-24-81(34-38)36-64)42-12-9-10-13-46(42)75-52)45-28-44-48(29-49(45)94-5)80(4)58-66(44)22-25-82-23-11-21-65(8-2,57(66)82)59(88)68(58,93)60(89)78-79-63(91)96-26-27-97-98-35-47(56(86)87)74-50(83)19-14-37(3)72-54(84)39-15-17-40(18-16-39)70-32-41-33-71-53-51(73-41)55(85)77-62(69)76-53/h9-13,15-18,21,28-29,33,37-38,47,57-59,70,75,88,92-93H,7-8,14,19-20,22-27,30-32,34-36H2,1-6H3,(H,72,84)(H,74,83)(H,78,89)(H,79,91)(H,86,87)(H3,69,71,76,77,85)/t37-,38-,47+,57+,58-,59-,64+,65-,66-,67+,68+/m1/s1. The fourth-order valence-corrected chi connectivity index (χ4v) is 18.8. The van der Waals surface area contributed by atoms with Crippen molar-refractivity contribution in [1.29, 1.82) is 0 Å². The van der Waals surface area contributed by atoms with Gasteiger partial charge in [0, 0.05) is 119 Å². The number of ether oxygens (including phenoxy) is 3. The van der Waals surface area contributed by atoms with Crippen LogP contribution >= 0.6 is 21.6 Å². The number of aromatic amines is 2. The second-order valence-corrected chi connectivity index (χ2v) is 29.4. The van der Waals surface area contributed by atoms with Crippen molar-refractivity contribution in [2.45, 2.75) is 131 Å². The van der Waals surface area contributed by atoms with E-state index in [2.05, 4.69) is 67.6 Å². The summed E-state index contributed by atoms with van der Waals surface area (Å²) in [7, 11) is 7.01. The Hall–Kier alpha value is -8.52. The number of carbonyl (C=O) groups excluding carboxylic acids is 5. The molecule has 98 heavy (non-hydrogen) atoms. The molecule has 0 radical (unpaired) electrons. The van der Waals surface area contributed by atoms with Gasteiger partial charge in [-0.25, -0.2) is 25.0 Å². The Kier molecular flexibility index (Phi) is 19.6. The number of carboxylic acid groups (broad SMARTS) is 1. The molecule has 1 unspecified atom stereocenters. The van der Waals surface area contributed by atoms with E-state index in [1.807, 2.05) is 61.2 Å². The number of hydrogen-bond donors (Lipinski definition) is 12. The zero-order chi connectivity index (χ0) is 69.6. The molecule has 522 valence electrons. The summed E-state index contributed by atoms with van der Waals surface area (Å²) in [5, 5.41) is 58.2. The molecule has 12 atom stereocenters. The van der Waals surface area contributed by atoms with E-state index in [-0.39, 0.29) is 72.9 Å². The van der Waals surface area contributed by atoms with Gasteiger partial charge in [-0.05, 0) is 112 Å². The van der Waals surface area contributed by atoms with Crippen molar-refractivity contribution in [3.63, 3.8) is 0 Å². The number of likely N-dealkylation sites (N-methyl/N-ethyl adjacent to an activating group) is 1. The minimum atomic E-state index is -2.62. The van der Waals surface area contributed by atoms with Gasteiger partial charge < -0.3 is 66.2 Å². The number of carboxylic acids is 1. The third kappa shape index (κ3) is 12.3. The maximum absolute atomic E-state index is 15.6. The van der Waals surface area contributed by atoms with E-state index in [1.165, 1.54) is 24.1 Å². The molecule has 2 bridgehead atoms. The summed E-state index contributed by atoms with van der Waals surface area (Å²) in [4.78, 5) is 120. The van der Waals surface area contributed by atoms with Gasteiger partial charge in [-0.3, -0.25) is 44.2 Å². The molecule has 8 heterocycles. The first-order chi connectivity index (χ1) is 47.0. The number of nitrogen functional groups attached to an aromatic ring is 1. The first-order valence-corrected chi connectivity index (χ1v) is 35.5. The smallest absolute Gasteiger partial charge is 0.426 e.